The van der Waals surface area contributed by atoms with Crippen molar-refractivity contribution in [3.8, 4) is 0 Å². The van der Waals surface area contributed by atoms with Gasteiger partial charge in [-0.15, -0.1) is 0 Å². The Morgan fingerprint density at radius 2 is 1.50 bits per heavy atom. The zero-order valence-corrected chi connectivity index (χ0v) is 6.56. The van der Waals surface area contributed by atoms with Crippen LogP contribution in [0.2, 0.25) is 0 Å². The second-order valence-electron chi connectivity index (χ2n) is 2.62. The van der Waals surface area contributed by atoms with E-state index in [0.717, 1.165) is 0 Å². The quantitative estimate of drug-likeness (QED) is 0.718. The highest BCUT2D eigenvalue weighted by Crippen LogP contribution is 2.00. The third kappa shape index (κ3) is 7.73. The van der Waals surface area contributed by atoms with Crippen molar-refractivity contribution in [3.05, 3.63) is 0 Å². The summed E-state index contributed by atoms with van der Waals surface area (Å²) in [5.41, 5.74) is 0. The maximum Gasteiger partial charge on any atom is 0.146 e. The lowest BCUT2D eigenvalue weighted by Gasteiger charge is -2.15. The molecule has 0 amide bonds. The van der Waals surface area contributed by atoms with E-state index in [1.54, 1.807) is 6.92 Å². The van der Waals surface area contributed by atoms with E-state index < -0.39 is 0 Å². The summed E-state index contributed by atoms with van der Waals surface area (Å²) in [5.74, 6) is 0.611. The maximum atomic E-state index is 10.8. The van der Waals surface area contributed by atoms with Gasteiger partial charge in [0.25, 0.3) is 0 Å². The van der Waals surface area contributed by atoms with Crippen LogP contribution in [0.15, 0.2) is 0 Å². The molecule has 0 bridgehead atoms. The van der Waals surface area contributed by atoms with Gasteiger partial charge in [0.2, 0.25) is 0 Å². The molecular weight excluding hydrogens is 150 g/mol. The fourth-order valence-electron chi connectivity index (χ4n) is 1.01. The summed E-state index contributed by atoms with van der Waals surface area (Å²) >= 11 is 0. The molecule has 0 radical (unpaired) electrons. The van der Waals surface area contributed by atoms with Gasteiger partial charge in [0.05, 0.1) is 6.04 Å². The molecular formula is C10H27NO. The van der Waals surface area contributed by atoms with Gasteiger partial charge in [-0.2, -0.15) is 0 Å². The Balaban J connectivity index is -0.000000107. The SMILES string of the molecule is C.C.C.CNC(C(C)=O)C(C)C. The number of carbonyl (C=O) groups is 1. The highest BCUT2D eigenvalue weighted by molar-refractivity contribution is 5.81. The van der Waals surface area contributed by atoms with Crippen molar-refractivity contribution in [2.45, 2.75) is 49.1 Å². The molecule has 0 aromatic carbocycles. The summed E-state index contributed by atoms with van der Waals surface area (Å²) in [6, 6.07) is 0.0324. The molecule has 0 saturated carbocycles. The molecule has 1 unspecified atom stereocenters. The van der Waals surface area contributed by atoms with Gasteiger partial charge in [-0.25, -0.2) is 0 Å². The lowest BCUT2D eigenvalue weighted by atomic mass is 10.0. The molecule has 0 saturated heterocycles. The number of hydrogen-bond acceptors (Lipinski definition) is 2. The number of likely N-dealkylation sites (N-methyl/N-ethyl adjacent to an activating group) is 1. The number of rotatable bonds is 3. The van der Waals surface area contributed by atoms with Gasteiger partial charge in [0.15, 0.2) is 0 Å². The summed E-state index contributed by atoms with van der Waals surface area (Å²) in [7, 11) is 1.81. The minimum Gasteiger partial charge on any atom is -0.310 e. The van der Waals surface area contributed by atoms with E-state index in [2.05, 4.69) is 5.32 Å². The fraction of sp³-hybridized carbons (Fsp3) is 0.900. The summed E-state index contributed by atoms with van der Waals surface area (Å²) in [5, 5.41) is 2.95. The minimum atomic E-state index is 0. The number of ketones is 1. The van der Waals surface area contributed by atoms with E-state index in [-0.39, 0.29) is 34.1 Å². The lowest BCUT2D eigenvalue weighted by molar-refractivity contribution is -0.119. The predicted octanol–water partition coefficient (Wildman–Crippen LogP) is 2.73. The molecule has 1 atom stereocenters. The number of nitrogens with one attached hydrogen (secondary N) is 1. The Morgan fingerprint density at radius 3 is 1.50 bits per heavy atom. The van der Waals surface area contributed by atoms with Crippen LogP contribution >= 0.6 is 0 Å². The fourth-order valence-corrected chi connectivity index (χ4v) is 1.01. The molecule has 1 N–H and O–H groups in total. The molecule has 2 nitrogen and oxygen atoms in total. The van der Waals surface area contributed by atoms with Gasteiger partial charge >= 0.3 is 0 Å². The van der Waals surface area contributed by atoms with E-state index >= 15 is 0 Å². The normalized spacial score (nSPS) is 10.4. The molecule has 2 heteroatoms. The Hall–Kier alpha value is -0.370. The second kappa shape index (κ2) is 10.6. The number of carbonyl (C=O) groups excluding carboxylic acids is 1. The lowest BCUT2D eigenvalue weighted by Crippen LogP contribution is -2.36. The van der Waals surface area contributed by atoms with Gasteiger partial charge < -0.3 is 5.32 Å². The third-order valence-corrected chi connectivity index (χ3v) is 1.42. The zero-order chi connectivity index (χ0) is 7.44. The largest absolute Gasteiger partial charge is 0.310 e. The van der Waals surface area contributed by atoms with Crippen molar-refractivity contribution in [1.82, 2.24) is 5.32 Å². The van der Waals surface area contributed by atoms with Crippen LogP contribution in [0.1, 0.15) is 43.1 Å². The van der Waals surface area contributed by atoms with E-state index in [1.165, 1.54) is 0 Å². The average Bonchev–Trinajstić information content (AvgIpc) is 1.64. The Bertz CT molecular complexity index is 100. The van der Waals surface area contributed by atoms with Crippen LogP contribution in [0.4, 0.5) is 0 Å². The molecule has 0 aromatic rings. The smallest absolute Gasteiger partial charge is 0.146 e. The first-order valence-corrected chi connectivity index (χ1v) is 3.27. The van der Waals surface area contributed by atoms with Crippen molar-refractivity contribution in [2.75, 3.05) is 7.05 Å². The van der Waals surface area contributed by atoms with E-state index in [4.69, 9.17) is 0 Å². The molecule has 0 aliphatic rings. The van der Waals surface area contributed by atoms with Crippen molar-refractivity contribution < 1.29 is 4.79 Å². The Morgan fingerprint density at radius 1 is 1.17 bits per heavy atom. The van der Waals surface area contributed by atoms with E-state index in [1.807, 2.05) is 20.9 Å². The topological polar surface area (TPSA) is 29.1 Å². The van der Waals surface area contributed by atoms with E-state index in [9.17, 15) is 4.79 Å². The van der Waals surface area contributed by atoms with Gasteiger partial charge in [-0.05, 0) is 19.9 Å². The summed E-state index contributed by atoms with van der Waals surface area (Å²) in [6.07, 6.45) is 0. The van der Waals surface area contributed by atoms with E-state index in [0.29, 0.717) is 5.92 Å². The van der Waals surface area contributed by atoms with Gasteiger partial charge in [0, 0.05) is 0 Å². The van der Waals surface area contributed by atoms with Crippen LogP contribution in [0.25, 0.3) is 0 Å². The Labute approximate surface area is 78.8 Å². The number of Topliss-reactive ketones (excluding diaryl/α,β-unsaturated/α-hetero) is 1. The summed E-state index contributed by atoms with van der Waals surface area (Å²) in [6.45, 7) is 5.67. The molecule has 12 heavy (non-hydrogen) atoms. The highest BCUT2D eigenvalue weighted by Gasteiger charge is 2.14. The molecule has 0 rings (SSSR count). The van der Waals surface area contributed by atoms with Crippen molar-refractivity contribution in [1.29, 1.82) is 0 Å². The van der Waals surface area contributed by atoms with Gasteiger partial charge in [0.1, 0.15) is 5.78 Å². The van der Waals surface area contributed by atoms with Crippen molar-refractivity contribution in [2.24, 2.45) is 5.92 Å². The first-order valence-electron chi connectivity index (χ1n) is 3.27. The van der Waals surface area contributed by atoms with Gasteiger partial charge in [-0.1, -0.05) is 36.1 Å². The number of hydrogen-bond donors (Lipinski definition) is 1. The molecule has 0 heterocycles. The molecule has 0 aliphatic carbocycles. The van der Waals surface area contributed by atoms with Crippen LogP contribution in [0.3, 0.4) is 0 Å². The molecule has 0 aromatic heterocycles. The third-order valence-electron chi connectivity index (χ3n) is 1.42. The minimum absolute atomic E-state index is 0. The monoisotopic (exact) mass is 177 g/mol. The molecule has 78 valence electrons. The maximum absolute atomic E-state index is 10.8. The summed E-state index contributed by atoms with van der Waals surface area (Å²) in [4.78, 5) is 10.8. The second-order valence-corrected chi connectivity index (χ2v) is 2.62. The van der Waals surface area contributed by atoms with Crippen LogP contribution in [0.5, 0.6) is 0 Å². The van der Waals surface area contributed by atoms with Crippen LogP contribution in [0, 0.1) is 5.92 Å². The van der Waals surface area contributed by atoms with Crippen molar-refractivity contribution >= 4 is 5.78 Å². The highest BCUT2D eigenvalue weighted by atomic mass is 16.1. The zero-order valence-electron chi connectivity index (χ0n) is 6.56. The predicted molar refractivity (Wildman–Crippen MR) is 58.6 cm³/mol. The standard InChI is InChI=1S/C7H15NO.3CH4/c1-5(2)7(8-4)6(3)9;;;/h5,7-8H,1-4H3;3*1H4. The molecule has 0 aliphatic heterocycles. The molecule has 0 fully saturated rings. The van der Waals surface area contributed by atoms with Crippen LogP contribution in [-0.2, 0) is 4.79 Å². The van der Waals surface area contributed by atoms with Crippen LogP contribution in [-0.4, -0.2) is 18.9 Å². The average molecular weight is 177 g/mol. The summed E-state index contributed by atoms with van der Waals surface area (Å²) < 4.78 is 0. The Kier molecular flexibility index (Phi) is 20.0. The van der Waals surface area contributed by atoms with Crippen LogP contribution < -0.4 is 5.32 Å². The van der Waals surface area contributed by atoms with Gasteiger partial charge in [-0.3, -0.25) is 4.79 Å². The first kappa shape index (κ1) is 22.6. The van der Waals surface area contributed by atoms with Crippen molar-refractivity contribution in [3.63, 3.8) is 0 Å². The molecule has 0 spiro atoms. The first-order chi connectivity index (χ1) is 4.09.